The smallest absolute Gasteiger partial charge is 0.262 e. The molecule has 0 bridgehead atoms. The number of hydrogen-bond donors (Lipinski definition) is 1. The van der Waals surface area contributed by atoms with Crippen molar-refractivity contribution in [2.45, 2.75) is 71.9 Å². The fourth-order valence-corrected chi connectivity index (χ4v) is 5.22. The third-order valence-electron chi connectivity index (χ3n) is 7.14. The van der Waals surface area contributed by atoms with Gasteiger partial charge >= 0.3 is 0 Å². The van der Waals surface area contributed by atoms with Crippen molar-refractivity contribution in [1.29, 1.82) is 0 Å². The molecule has 0 unspecified atom stereocenters. The molecule has 31 heavy (non-hydrogen) atoms. The molecule has 1 saturated carbocycles. The molecule has 3 aromatic rings. The molecule has 4 heterocycles. The van der Waals surface area contributed by atoms with Crippen LogP contribution in [0.4, 0.5) is 0 Å². The summed E-state index contributed by atoms with van der Waals surface area (Å²) in [6, 6.07) is 0.364. The summed E-state index contributed by atoms with van der Waals surface area (Å²) < 4.78 is 1.99. The predicted molar refractivity (Wildman–Crippen MR) is 119 cm³/mol. The maximum Gasteiger partial charge on any atom is 0.262 e. The summed E-state index contributed by atoms with van der Waals surface area (Å²) in [6.07, 6.45) is 6.35. The lowest BCUT2D eigenvalue weighted by atomic mass is 9.97. The third-order valence-corrected chi connectivity index (χ3v) is 7.14. The number of aromatic nitrogens is 6. The lowest BCUT2D eigenvalue weighted by Crippen LogP contribution is -2.23. The van der Waals surface area contributed by atoms with Gasteiger partial charge in [-0.3, -0.25) is 19.7 Å². The van der Waals surface area contributed by atoms with Crippen LogP contribution in [0.3, 0.4) is 0 Å². The summed E-state index contributed by atoms with van der Waals surface area (Å²) in [5.74, 6) is 1.36. The van der Waals surface area contributed by atoms with Gasteiger partial charge in [0.1, 0.15) is 11.2 Å². The van der Waals surface area contributed by atoms with Gasteiger partial charge in [0.2, 0.25) is 0 Å². The van der Waals surface area contributed by atoms with Crippen molar-refractivity contribution in [3.8, 4) is 0 Å². The summed E-state index contributed by atoms with van der Waals surface area (Å²) in [5, 5.41) is 5.13. The molecule has 1 aliphatic carbocycles. The van der Waals surface area contributed by atoms with Crippen molar-refractivity contribution in [3.05, 3.63) is 45.2 Å². The van der Waals surface area contributed by atoms with Crippen LogP contribution in [0.25, 0.3) is 11.0 Å². The van der Waals surface area contributed by atoms with Crippen LogP contribution in [0.15, 0.2) is 11.0 Å². The number of fused-ring (bicyclic) bond motifs is 1. The van der Waals surface area contributed by atoms with E-state index in [2.05, 4.69) is 26.9 Å². The average Bonchev–Trinajstić information content (AvgIpc) is 3.45. The minimum absolute atomic E-state index is 0.0780. The molecule has 2 fully saturated rings. The largest absolute Gasteiger partial charge is 0.310 e. The topological polar surface area (TPSA) is 92.6 Å². The molecule has 0 radical (unpaired) electrons. The minimum Gasteiger partial charge on any atom is -0.310 e. The number of aromatic amines is 1. The van der Waals surface area contributed by atoms with Gasteiger partial charge in [-0.05, 0) is 39.5 Å². The number of nitrogens with one attached hydrogen (secondary N) is 1. The Balaban J connectivity index is 1.42. The van der Waals surface area contributed by atoms with E-state index in [9.17, 15) is 4.79 Å². The zero-order valence-corrected chi connectivity index (χ0v) is 18.9. The number of aryl methyl sites for hydroxylation is 3. The van der Waals surface area contributed by atoms with E-state index in [0.717, 1.165) is 66.7 Å². The molecule has 2 atom stereocenters. The maximum atomic E-state index is 12.8. The van der Waals surface area contributed by atoms with E-state index in [1.165, 1.54) is 12.8 Å². The molecular formula is C23H31N7O. The van der Waals surface area contributed by atoms with Crippen LogP contribution >= 0.6 is 0 Å². The van der Waals surface area contributed by atoms with Crippen molar-refractivity contribution >= 4 is 11.0 Å². The Morgan fingerprint density at radius 3 is 2.55 bits per heavy atom. The summed E-state index contributed by atoms with van der Waals surface area (Å²) >= 11 is 0. The van der Waals surface area contributed by atoms with Gasteiger partial charge in [0.15, 0.2) is 5.65 Å². The third kappa shape index (κ3) is 3.67. The second-order valence-corrected chi connectivity index (χ2v) is 9.42. The summed E-state index contributed by atoms with van der Waals surface area (Å²) in [6.45, 7) is 10.8. The van der Waals surface area contributed by atoms with E-state index in [1.807, 2.05) is 25.5 Å². The number of likely N-dealkylation sites (tertiary alicyclic amines) is 1. The molecule has 1 N–H and O–H groups in total. The van der Waals surface area contributed by atoms with Crippen LogP contribution in [0.5, 0.6) is 0 Å². The van der Waals surface area contributed by atoms with Crippen LogP contribution in [0.1, 0.15) is 73.2 Å². The van der Waals surface area contributed by atoms with Crippen molar-refractivity contribution in [3.63, 3.8) is 0 Å². The molecule has 1 aliphatic heterocycles. The molecule has 164 valence electrons. The van der Waals surface area contributed by atoms with Crippen LogP contribution in [0.2, 0.25) is 0 Å². The standard InChI is InChI=1S/C23H31N7O/c1-13-10-29(12-20-16(4)25-14(2)15(3)26-20)11-19(13)21-27-22-18(23(31)28-21)9-24-30(22)17-7-5-6-8-17/h9,13,17,19H,5-8,10-12H2,1-4H3,(H,27,28,31)/t13-,19-/m1/s1. The van der Waals surface area contributed by atoms with Crippen molar-refractivity contribution in [2.75, 3.05) is 13.1 Å². The first-order valence-corrected chi connectivity index (χ1v) is 11.4. The normalized spacial score (nSPS) is 22.7. The van der Waals surface area contributed by atoms with Gasteiger partial charge in [-0.15, -0.1) is 0 Å². The second kappa shape index (κ2) is 7.82. The Labute approximate surface area is 182 Å². The monoisotopic (exact) mass is 421 g/mol. The minimum atomic E-state index is -0.0780. The molecule has 3 aromatic heterocycles. The molecule has 2 aliphatic rings. The van der Waals surface area contributed by atoms with Gasteiger partial charge in [0.25, 0.3) is 5.56 Å². The molecule has 0 spiro atoms. The van der Waals surface area contributed by atoms with Crippen LogP contribution < -0.4 is 5.56 Å². The second-order valence-electron chi connectivity index (χ2n) is 9.42. The Kier molecular flexibility index (Phi) is 5.12. The summed E-state index contributed by atoms with van der Waals surface area (Å²) in [5.41, 5.74) is 4.67. The fourth-order valence-electron chi connectivity index (χ4n) is 5.22. The highest BCUT2D eigenvalue weighted by Crippen LogP contribution is 2.33. The first-order chi connectivity index (χ1) is 14.9. The molecular weight excluding hydrogens is 390 g/mol. The first kappa shape index (κ1) is 20.3. The zero-order valence-electron chi connectivity index (χ0n) is 18.9. The SMILES string of the molecule is Cc1nc(C)c(CN2C[C@@H](C)[C@H](c3nc4c(cnn4C4CCCC4)c(=O)[nH]3)C2)nc1C. The van der Waals surface area contributed by atoms with Crippen LogP contribution in [0, 0.1) is 26.7 Å². The Bertz CT molecular complexity index is 1170. The highest BCUT2D eigenvalue weighted by atomic mass is 16.1. The maximum absolute atomic E-state index is 12.8. The molecule has 8 nitrogen and oxygen atoms in total. The fraction of sp³-hybridized carbons (Fsp3) is 0.609. The van der Waals surface area contributed by atoms with Crippen molar-refractivity contribution < 1.29 is 0 Å². The summed E-state index contributed by atoms with van der Waals surface area (Å²) in [7, 11) is 0. The highest BCUT2D eigenvalue weighted by Gasteiger charge is 2.34. The molecule has 0 aromatic carbocycles. The number of hydrogen-bond acceptors (Lipinski definition) is 6. The van der Waals surface area contributed by atoms with Gasteiger partial charge in [0.05, 0.1) is 35.0 Å². The number of nitrogens with zero attached hydrogens (tertiary/aromatic N) is 6. The van der Waals surface area contributed by atoms with Gasteiger partial charge in [-0.1, -0.05) is 19.8 Å². The van der Waals surface area contributed by atoms with Crippen LogP contribution in [-0.4, -0.2) is 47.7 Å². The van der Waals surface area contributed by atoms with Crippen LogP contribution in [-0.2, 0) is 6.54 Å². The van der Waals surface area contributed by atoms with Gasteiger partial charge in [-0.25, -0.2) is 9.67 Å². The first-order valence-electron chi connectivity index (χ1n) is 11.4. The number of rotatable bonds is 4. The van der Waals surface area contributed by atoms with E-state index in [1.54, 1.807) is 6.20 Å². The molecule has 5 rings (SSSR count). The van der Waals surface area contributed by atoms with E-state index < -0.39 is 0 Å². The summed E-state index contributed by atoms with van der Waals surface area (Å²) in [4.78, 5) is 32.6. The van der Waals surface area contributed by atoms with E-state index in [-0.39, 0.29) is 11.5 Å². The molecule has 8 heteroatoms. The molecule has 0 amide bonds. The zero-order chi connectivity index (χ0) is 21.7. The molecule has 1 saturated heterocycles. The van der Waals surface area contributed by atoms with Gasteiger partial charge in [0, 0.05) is 25.6 Å². The van der Waals surface area contributed by atoms with Gasteiger partial charge < -0.3 is 4.98 Å². The van der Waals surface area contributed by atoms with Gasteiger partial charge in [-0.2, -0.15) is 5.10 Å². The van der Waals surface area contributed by atoms with Crippen molar-refractivity contribution in [1.82, 2.24) is 34.6 Å². The lowest BCUT2D eigenvalue weighted by molar-refractivity contribution is 0.313. The van der Waals surface area contributed by atoms with E-state index in [0.29, 0.717) is 17.3 Å². The Morgan fingerprint density at radius 2 is 1.77 bits per heavy atom. The Hall–Kier alpha value is -2.61. The number of H-pyrrole nitrogens is 1. The quantitative estimate of drug-likeness (QED) is 0.695. The Morgan fingerprint density at radius 1 is 1.03 bits per heavy atom. The lowest BCUT2D eigenvalue weighted by Gasteiger charge is -2.17. The average molecular weight is 422 g/mol. The van der Waals surface area contributed by atoms with E-state index in [4.69, 9.17) is 9.97 Å². The van der Waals surface area contributed by atoms with Crippen molar-refractivity contribution in [2.24, 2.45) is 5.92 Å². The van der Waals surface area contributed by atoms with E-state index >= 15 is 0 Å². The predicted octanol–water partition coefficient (Wildman–Crippen LogP) is 3.19. The highest BCUT2D eigenvalue weighted by molar-refractivity contribution is 5.73.